The summed E-state index contributed by atoms with van der Waals surface area (Å²) >= 11 is 0. The standard InChI is InChI=1S/C21H36N2O4/c1-21(2)14-18(20(26-5)27-6)23-19(21)13-17-16(7-10-22-17)15(8-11-24-3)9-12-25-4/h7,10,13,15-17,20,22H,8-9,11-12,14H2,1-6H3/b19-13-. The van der Waals surface area contributed by atoms with Crippen molar-refractivity contribution >= 4 is 5.71 Å². The van der Waals surface area contributed by atoms with Crippen molar-refractivity contribution in [3.63, 3.8) is 0 Å². The van der Waals surface area contributed by atoms with Crippen molar-refractivity contribution in [3.8, 4) is 0 Å². The molecule has 0 spiro atoms. The van der Waals surface area contributed by atoms with Crippen molar-refractivity contribution in [2.45, 2.75) is 45.4 Å². The van der Waals surface area contributed by atoms with Crippen LogP contribution in [0.2, 0.25) is 0 Å². The molecule has 1 N–H and O–H groups in total. The summed E-state index contributed by atoms with van der Waals surface area (Å²) in [5.74, 6) is 0.898. The molecule has 2 aliphatic rings. The summed E-state index contributed by atoms with van der Waals surface area (Å²) in [6.07, 6.45) is 9.12. The second kappa shape index (κ2) is 10.4. The summed E-state index contributed by atoms with van der Waals surface area (Å²) < 4.78 is 21.5. The molecule has 0 aromatic carbocycles. The maximum atomic E-state index is 5.41. The summed E-state index contributed by atoms with van der Waals surface area (Å²) in [5.41, 5.74) is 2.02. The Morgan fingerprint density at radius 3 is 2.33 bits per heavy atom. The molecule has 6 nitrogen and oxygen atoms in total. The van der Waals surface area contributed by atoms with Gasteiger partial charge < -0.3 is 24.3 Å². The molecule has 0 saturated heterocycles. The van der Waals surface area contributed by atoms with Gasteiger partial charge in [-0.3, -0.25) is 4.99 Å². The van der Waals surface area contributed by atoms with Gasteiger partial charge in [0.1, 0.15) is 0 Å². The number of allylic oxidation sites excluding steroid dienone is 1. The molecule has 0 amide bonds. The fourth-order valence-corrected chi connectivity index (χ4v) is 4.01. The van der Waals surface area contributed by atoms with Crippen LogP contribution in [0.5, 0.6) is 0 Å². The molecule has 154 valence electrons. The molecule has 0 radical (unpaired) electrons. The molecule has 0 bridgehead atoms. The highest BCUT2D eigenvalue weighted by molar-refractivity contribution is 5.91. The molecule has 2 rings (SSSR count). The number of aliphatic imine (C=N–C) groups is 1. The first-order chi connectivity index (χ1) is 13.0. The van der Waals surface area contributed by atoms with Crippen LogP contribution in [0.4, 0.5) is 0 Å². The Morgan fingerprint density at radius 1 is 1.15 bits per heavy atom. The number of hydrogen-bond acceptors (Lipinski definition) is 6. The van der Waals surface area contributed by atoms with Gasteiger partial charge in [0, 0.05) is 65.1 Å². The van der Waals surface area contributed by atoms with Gasteiger partial charge in [-0.05, 0) is 31.0 Å². The Kier molecular flexibility index (Phi) is 8.48. The van der Waals surface area contributed by atoms with E-state index >= 15 is 0 Å². The zero-order chi connectivity index (χ0) is 19.9. The van der Waals surface area contributed by atoms with E-state index in [4.69, 9.17) is 23.9 Å². The van der Waals surface area contributed by atoms with E-state index in [1.807, 2.05) is 0 Å². The average molecular weight is 381 g/mol. The van der Waals surface area contributed by atoms with Gasteiger partial charge in [0.25, 0.3) is 0 Å². The first-order valence-electron chi connectivity index (χ1n) is 9.72. The van der Waals surface area contributed by atoms with Gasteiger partial charge in [0.05, 0.1) is 11.8 Å². The number of ether oxygens (including phenoxy) is 4. The fourth-order valence-electron chi connectivity index (χ4n) is 4.01. The monoisotopic (exact) mass is 380 g/mol. The Balaban J connectivity index is 2.19. The van der Waals surface area contributed by atoms with Crippen molar-refractivity contribution < 1.29 is 18.9 Å². The minimum atomic E-state index is -0.378. The largest absolute Gasteiger partial charge is 0.385 e. The predicted molar refractivity (Wildman–Crippen MR) is 108 cm³/mol. The molecule has 2 aliphatic heterocycles. The minimum Gasteiger partial charge on any atom is -0.385 e. The number of methoxy groups -OCH3 is 4. The quantitative estimate of drug-likeness (QED) is 0.558. The van der Waals surface area contributed by atoms with Crippen LogP contribution in [0, 0.1) is 17.3 Å². The van der Waals surface area contributed by atoms with Gasteiger partial charge in [-0.25, -0.2) is 0 Å². The highest BCUT2D eigenvalue weighted by Gasteiger charge is 2.37. The molecular formula is C21H36N2O4. The average Bonchev–Trinajstić information content (AvgIpc) is 3.21. The molecule has 2 unspecified atom stereocenters. The number of hydrogen-bond donors (Lipinski definition) is 1. The molecule has 6 heteroatoms. The Labute approximate surface area is 164 Å². The van der Waals surface area contributed by atoms with E-state index in [0.29, 0.717) is 11.8 Å². The van der Waals surface area contributed by atoms with E-state index in [1.54, 1.807) is 28.4 Å². The molecule has 0 fully saturated rings. The normalized spacial score (nSPS) is 25.6. The van der Waals surface area contributed by atoms with Crippen LogP contribution in [0.1, 0.15) is 33.1 Å². The van der Waals surface area contributed by atoms with Gasteiger partial charge in [0.2, 0.25) is 0 Å². The Hall–Kier alpha value is -1.21. The topological polar surface area (TPSA) is 61.3 Å². The molecule has 0 saturated carbocycles. The van der Waals surface area contributed by atoms with Crippen LogP contribution in [0.15, 0.2) is 29.0 Å². The van der Waals surface area contributed by atoms with Crippen LogP contribution in [0.25, 0.3) is 0 Å². The van der Waals surface area contributed by atoms with Gasteiger partial charge >= 0.3 is 0 Å². The molecule has 2 heterocycles. The number of nitrogens with one attached hydrogen (secondary N) is 1. The van der Waals surface area contributed by atoms with E-state index in [2.05, 4.69) is 37.5 Å². The maximum absolute atomic E-state index is 5.41. The summed E-state index contributed by atoms with van der Waals surface area (Å²) in [7, 11) is 6.82. The lowest BCUT2D eigenvalue weighted by molar-refractivity contribution is -0.0532. The third-order valence-electron chi connectivity index (χ3n) is 5.57. The summed E-state index contributed by atoms with van der Waals surface area (Å²) in [5, 5.41) is 3.51. The summed E-state index contributed by atoms with van der Waals surface area (Å²) in [4.78, 5) is 4.88. The maximum Gasteiger partial charge on any atom is 0.196 e. The Morgan fingerprint density at radius 2 is 1.78 bits per heavy atom. The van der Waals surface area contributed by atoms with E-state index in [1.165, 1.54) is 0 Å². The zero-order valence-corrected chi connectivity index (χ0v) is 17.7. The zero-order valence-electron chi connectivity index (χ0n) is 17.7. The SMILES string of the molecule is COCCC(CCOC)C1C=CNC1/C=C1\N=C(C(OC)OC)CC1(C)C. The molecule has 27 heavy (non-hydrogen) atoms. The van der Waals surface area contributed by atoms with Crippen molar-refractivity contribution in [3.05, 3.63) is 24.0 Å². The lowest BCUT2D eigenvalue weighted by atomic mass is 9.80. The van der Waals surface area contributed by atoms with E-state index < -0.39 is 0 Å². The van der Waals surface area contributed by atoms with Gasteiger partial charge in [0.15, 0.2) is 6.29 Å². The third kappa shape index (κ3) is 5.64. The molecule has 2 atom stereocenters. The minimum absolute atomic E-state index is 0.0337. The van der Waals surface area contributed by atoms with Gasteiger partial charge in [-0.2, -0.15) is 0 Å². The molecule has 0 aromatic heterocycles. The number of nitrogens with zero attached hydrogens (tertiary/aromatic N) is 1. The second-order valence-corrected chi connectivity index (χ2v) is 7.97. The van der Waals surface area contributed by atoms with Crippen LogP contribution in [-0.4, -0.2) is 59.7 Å². The highest BCUT2D eigenvalue weighted by Crippen LogP contribution is 2.40. The predicted octanol–water partition coefficient (Wildman–Crippen LogP) is 3.15. The fraction of sp³-hybridized carbons (Fsp3) is 0.762. The molecule has 0 aliphatic carbocycles. The smallest absolute Gasteiger partial charge is 0.196 e. The van der Waals surface area contributed by atoms with E-state index in [-0.39, 0.29) is 17.7 Å². The third-order valence-corrected chi connectivity index (χ3v) is 5.57. The summed E-state index contributed by atoms with van der Waals surface area (Å²) in [6, 6.07) is 0.227. The summed E-state index contributed by atoms with van der Waals surface area (Å²) in [6.45, 7) is 5.98. The van der Waals surface area contributed by atoms with Crippen LogP contribution in [0.3, 0.4) is 0 Å². The number of rotatable bonds is 11. The van der Waals surface area contributed by atoms with Gasteiger partial charge in [-0.15, -0.1) is 0 Å². The van der Waals surface area contributed by atoms with Crippen molar-refractivity contribution in [2.24, 2.45) is 22.2 Å². The van der Waals surface area contributed by atoms with Crippen molar-refractivity contribution in [1.29, 1.82) is 0 Å². The molecular weight excluding hydrogens is 344 g/mol. The van der Waals surface area contributed by atoms with E-state index in [9.17, 15) is 0 Å². The first kappa shape index (κ1) is 22.1. The molecule has 0 aromatic rings. The van der Waals surface area contributed by atoms with Gasteiger partial charge in [-0.1, -0.05) is 19.9 Å². The van der Waals surface area contributed by atoms with Crippen LogP contribution in [-0.2, 0) is 18.9 Å². The first-order valence-corrected chi connectivity index (χ1v) is 9.72. The van der Waals surface area contributed by atoms with Crippen LogP contribution >= 0.6 is 0 Å². The van der Waals surface area contributed by atoms with Crippen molar-refractivity contribution in [2.75, 3.05) is 41.7 Å². The van der Waals surface area contributed by atoms with Crippen molar-refractivity contribution in [1.82, 2.24) is 5.32 Å². The van der Waals surface area contributed by atoms with E-state index in [0.717, 1.165) is 43.9 Å². The van der Waals surface area contributed by atoms with Crippen LogP contribution < -0.4 is 5.32 Å². The Bertz CT molecular complexity index is 544. The highest BCUT2D eigenvalue weighted by atomic mass is 16.7. The lowest BCUT2D eigenvalue weighted by Gasteiger charge is -2.28. The lowest BCUT2D eigenvalue weighted by Crippen LogP contribution is -2.32. The second-order valence-electron chi connectivity index (χ2n) is 7.97.